The van der Waals surface area contributed by atoms with Crippen molar-refractivity contribution in [1.29, 1.82) is 0 Å². The van der Waals surface area contributed by atoms with Crippen LogP contribution >= 0.6 is 0 Å². The molecule has 0 aliphatic carbocycles. The molecule has 0 radical (unpaired) electrons. The largest absolute Gasteiger partial charge is 0.344 e. The summed E-state index contributed by atoms with van der Waals surface area (Å²) in [6, 6.07) is 13.3. The Bertz CT molecular complexity index is 1110. The number of hydrogen-bond acceptors (Lipinski definition) is 4. The molecule has 0 aliphatic heterocycles. The van der Waals surface area contributed by atoms with Gasteiger partial charge in [0.25, 0.3) is 5.91 Å². The number of fused-ring (bicyclic) bond motifs is 1. The highest BCUT2D eigenvalue weighted by Gasteiger charge is 2.18. The van der Waals surface area contributed by atoms with Crippen LogP contribution in [0.5, 0.6) is 0 Å². The molecule has 7 heteroatoms. The lowest BCUT2D eigenvalue weighted by atomic mass is 10.1. The minimum absolute atomic E-state index is 0.114. The predicted octanol–water partition coefficient (Wildman–Crippen LogP) is 2.93. The lowest BCUT2D eigenvalue weighted by Gasteiger charge is -2.13. The Labute approximate surface area is 156 Å². The topological polar surface area (TPSA) is 77.1 Å². The van der Waals surface area contributed by atoms with Gasteiger partial charge < -0.3 is 5.32 Å². The van der Waals surface area contributed by atoms with E-state index in [9.17, 15) is 4.79 Å². The Kier molecular flexibility index (Phi) is 4.19. The molecule has 1 aromatic carbocycles. The highest BCUT2D eigenvalue weighted by atomic mass is 16.2. The van der Waals surface area contributed by atoms with Gasteiger partial charge in [-0.25, -0.2) is 9.50 Å². The van der Waals surface area contributed by atoms with Gasteiger partial charge in [-0.15, -0.1) is 0 Å². The minimum Gasteiger partial charge on any atom is -0.344 e. The van der Waals surface area contributed by atoms with Crippen molar-refractivity contribution in [2.75, 3.05) is 0 Å². The van der Waals surface area contributed by atoms with E-state index in [1.165, 1.54) is 0 Å². The van der Waals surface area contributed by atoms with E-state index in [0.717, 1.165) is 22.5 Å². The molecule has 136 valence electrons. The third kappa shape index (κ3) is 3.08. The second-order valence-electron chi connectivity index (χ2n) is 6.50. The Morgan fingerprint density at radius 1 is 1.19 bits per heavy atom. The van der Waals surface area contributed by atoms with E-state index in [1.807, 2.05) is 57.3 Å². The van der Waals surface area contributed by atoms with E-state index in [1.54, 1.807) is 27.7 Å². The summed E-state index contributed by atoms with van der Waals surface area (Å²) in [6.45, 7) is 3.94. The average Bonchev–Trinajstić information content (AvgIpc) is 3.26. The van der Waals surface area contributed by atoms with Gasteiger partial charge in [-0.3, -0.25) is 9.48 Å². The highest BCUT2D eigenvalue weighted by Crippen LogP contribution is 2.23. The van der Waals surface area contributed by atoms with E-state index in [2.05, 4.69) is 20.5 Å². The van der Waals surface area contributed by atoms with Crippen molar-refractivity contribution in [3.05, 3.63) is 71.8 Å². The zero-order valence-electron chi connectivity index (χ0n) is 15.4. The molecule has 0 aliphatic rings. The van der Waals surface area contributed by atoms with Crippen LogP contribution in [0, 0.1) is 6.92 Å². The molecule has 0 spiro atoms. The van der Waals surface area contributed by atoms with Crippen molar-refractivity contribution < 1.29 is 4.79 Å². The maximum absolute atomic E-state index is 12.7. The number of benzene rings is 1. The zero-order valence-corrected chi connectivity index (χ0v) is 15.4. The van der Waals surface area contributed by atoms with Crippen molar-refractivity contribution in [3.8, 4) is 11.3 Å². The maximum Gasteiger partial charge on any atom is 0.272 e. The van der Waals surface area contributed by atoms with Crippen LogP contribution in [0.1, 0.15) is 34.7 Å². The van der Waals surface area contributed by atoms with Gasteiger partial charge in [0.2, 0.25) is 0 Å². The first-order valence-electron chi connectivity index (χ1n) is 8.74. The monoisotopic (exact) mass is 360 g/mol. The fourth-order valence-electron chi connectivity index (χ4n) is 3.06. The molecule has 3 heterocycles. The van der Waals surface area contributed by atoms with E-state index in [0.29, 0.717) is 11.3 Å². The molecule has 4 aromatic rings. The minimum atomic E-state index is -0.231. The Morgan fingerprint density at radius 3 is 2.67 bits per heavy atom. The number of nitrogens with one attached hydrogen (secondary N) is 1. The van der Waals surface area contributed by atoms with Gasteiger partial charge >= 0.3 is 0 Å². The van der Waals surface area contributed by atoms with Crippen molar-refractivity contribution in [2.45, 2.75) is 19.9 Å². The second kappa shape index (κ2) is 6.68. The summed E-state index contributed by atoms with van der Waals surface area (Å²) < 4.78 is 3.49. The summed E-state index contributed by atoms with van der Waals surface area (Å²) in [5.74, 6) is -0.231. The van der Waals surface area contributed by atoms with Gasteiger partial charge in [-0.2, -0.15) is 10.2 Å². The Morgan fingerprint density at radius 2 is 1.96 bits per heavy atom. The van der Waals surface area contributed by atoms with E-state index < -0.39 is 0 Å². The molecular formula is C20H20N6O. The van der Waals surface area contributed by atoms with Gasteiger partial charge in [0.1, 0.15) is 0 Å². The van der Waals surface area contributed by atoms with Crippen LogP contribution < -0.4 is 5.32 Å². The number of aromatic nitrogens is 5. The molecular weight excluding hydrogens is 340 g/mol. The van der Waals surface area contributed by atoms with Crippen molar-refractivity contribution in [1.82, 2.24) is 29.7 Å². The van der Waals surface area contributed by atoms with E-state index in [4.69, 9.17) is 0 Å². The summed E-state index contributed by atoms with van der Waals surface area (Å²) in [5, 5.41) is 11.8. The van der Waals surface area contributed by atoms with Gasteiger partial charge in [0.05, 0.1) is 17.9 Å². The fraction of sp³-hybridized carbons (Fsp3) is 0.200. The maximum atomic E-state index is 12.7. The summed E-state index contributed by atoms with van der Waals surface area (Å²) in [7, 11) is 1.89. The van der Waals surface area contributed by atoms with Crippen LogP contribution in [-0.4, -0.2) is 30.3 Å². The van der Waals surface area contributed by atoms with Crippen molar-refractivity contribution in [3.63, 3.8) is 0 Å². The number of nitrogens with zero attached hydrogens (tertiary/aromatic N) is 5. The van der Waals surface area contributed by atoms with Gasteiger partial charge in [-0.1, -0.05) is 30.3 Å². The van der Waals surface area contributed by atoms with Crippen molar-refractivity contribution in [2.24, 2.45) is 7.05 Å². The quantitative estimate of drug-likeness (QED) is 0.607. The molecule has 1 atom stereocenters. The normalized spacial score (nSPS) is 12.3. The number of carbonyl (C=O) groups is 1. The van der Waals surface area contributed by atoms with Crippen LogP contribution in [0.15, 0.2) is 54.9 Å². The Hall–Kier alpha value is -3.48. The summed E-state index contributed by atoms with van der Waals surface area (Å²) >= 11 is 0. The van der Waals surface area contributed by atoms with Gasteiger partial charge in [0, 0.05) is 30.6 Å². The SMILES string of the molecule is Cc1c(-c2ccnc3cc(C(=O)NC(C)c4ccccc4)nn23)cnn1C. The number of carbonyl (C=O) groups excluding carboxylic acids is 1. The highest BCUT2D eigenvalue weighted by molar-refractivity contribution is 5.93. The number of hydrogen-bond donors (Lipinski definition) is 1. The number of aryl methyl sites for hydroxylation is 1. The molecule has 0 saturated heterocycles. The van der Waals surface area contributed by atoms with Crippen LogP contribution in [0.2, 0.25) is 0 Å². The molecule has 0 bridgehead atoms. The molecule has 0 fully saturated rings. The van der Waals surface area contributed by atoms with E-state index >= 15 is 0 Å². The first-order valence-corrected chi connectivity index (χ1v) is 8.74. The molecule has 3 aromatic heterocycles. The Balaban J connectivity index is 1.67. The lowest BCUT2D eigenvalue weighted by molar-refractivity contribution is 0.0934. The molecule has 7 nitrogen and oxygen atoms in total. The summed E-state index contributed by atoms with van der Waals surface area (Å²) in [6.07, 6.45) is 3.51. The van der Waals surface area contributed by atoms with Gasteiger partial charge in [0.15, 0.2) is 11.3 Å². The third-order valence-electron chi connectivity index (χ3n) is 4.75. The molecule has 1 unspecified atom stereocenters. The fourth-order valence-corrected chi connectivity index (χ4v) is 3.06. The van der Waals surface area contributed by atoms with Crippen LogP contribution in [0.4, 0.5) is 0 Å². The smallest absolute Gasteiger partial charge is 0.272 e. The average molecular weight is 360 g/mol. The standard InChI is InChI=1S/C20H20N6O/c1-13(15-7-5-4-6-8-15)23-20(27)17-11-19-21-10-9-18(26(19)24-17)16-12-22-25(3)14(16)2/h4-13H,1-3H3,(H,23,27). The van der Waals surface area contributed by atoms with E-state index in [-0.39, 0.29) is 11.9 Å². The zero-order chi connectivity index (χ0) is 19.0. The first-order chi connectivity index (χ1) is 13.0. The summed E-state index contributed by atoms with van der Waals surface area (Å²) in [4.78, 5) is 17.0. The first kappa shape index (κ1) is 17.0. The van der Waals surface area contributed by atoms with Crippen molar-refractivity contribution >= 4 is 11.6 Å². The number of rotatable bonds is 4. The predicted molar refractivity (Wildman–Crippen MR) is 102 cm³/mol. The second-order valence-corrected chi connectivity index (χ2v) is 6.50. The molecule has 27 heavy (non-hydrogen) atoms. The summed E-state index contributed by atoms with van der Waals surface area (Å²) in [5.41, 5.74) is 4.81. The van der Waals surface area contributed by atoms with Crippen LogP contribution in [0.3, 0.4) is 0 Å². The van der Waals surface area contributed by atoms with Crippen LogP contribution in [0.25, 0.3) is 16.9 Å². The molecule has 4 rings (SSSR count). The van der Waals surface area contributed by atoms with Crippen LogP contribution in [-0.2, 0) is 7.05 Å². The molecule has 0 saturated carbocycles. The number of amides is 1. The third-order valence-corrected chi connectivity index (χ3v) is 4.75. The molecule has 1 N–H and O–H groups in total. The lowest BCUT2D eigenvalue weighted by Crippen LogP contribution is -2.27. The molecule has 1 amide bonds. The van der Waals surface area contributed by atoms with Gasteiger partial charge in [-0.05, 0) is 25.5 Å².